The monoisotopic (exact) mass is 283 g/mol. The quantitative estimate of drug-likeness (QED) is 0.712. The summed E-state index contributed by atoms with van der Waals surface area (Å²) in [7, 11) is 1.87. The summed E-state index contributed by atoms with van der Waals surface area (Å²) in [6.45, 7) is 0. The van der Waals surface area contributed by atoms with Gasteiger partial charge >= 0.3 is 0 Å². The van der Waals surface area contributed by atoms with Crippen molar-refractivity contribution >= 4 is 17.2 Å². The summed E-state index contributed by atoms with van der Waals surface area (Å²) in [5, 5.41) is 1.91. The Balaban J connectivity index is 1.97. The fourth-order valence-corrected chi connectivity index (χ4v) is 2.62. The van der Waals surface area contributed by atoms with Crippen molar-refractivity contribution in [3.63, 3.8) is 0 Å². The van der Waals surface area contributed by atoms with E-state index in [-0.39, 0.29) is 5.91 Å². The number of nitrogens with zero attached hydrogens (tertiary/aromatic N) is 3. The lowest BCUT2D eigenvalue weighted by atomic mass is 10.2. The molecule has 3 aromatic rings. The van der Waals surface area contributed by atoms with Crippen molar-refractivity contribution in [3.8, 4) is 5.69 Å². The molecule has 100 valence electrons. The Hall–Kier alpha value is -2.40. The van der Waals surface area contributed by atoms with Crippen LogP contribution in [-0.4, -0.2) is 15.0 Å². The first-order chi connectivity index (χ1) is 9.74. The lowest BCUT2D eigenvalue weighted by molar-refractivity contribution is 0.0998. The van der Waals surface area contributed by atoms with Crippen LogP contribution in [0.1, 0.15) is 10.4 Å². The van der Waals surface area contributed by atoms with Gasteiger partial charge in [0.1, 0.15) is 0 Å². The van der Waals surface area contributed by atoms with E-state index in [9.17, 15) is 4.79 Å². The van der Waals surface area contributed by atoms with Crippen molar-refractivity contribution in [2.75, 3.05) is 0 Å². The normalized spacial score (nSPS) is 11.8. The number of rotatable bonds is 2. The van der Waals surface area contributed by atoms with Crippen molar-refractivity contribution in [2.24, 2.45) is 12.0 Å². The van der Waals surface area contributed by atoms with Gasteiger partial charge in [-0.1, -0.05) is 6.07 Å². The van der Waals surface area contributed by atoms with E-state index in [0.717, 1.165) is 5.69 Å². The van der Waals surface area contributed by atoms with Crippen molar-refractivity contribution in [1.29, 1.82) is 0 Å². The lowest BCUT2D eigenvalue weighted by Gasteiger charge is -2.03. The third-order valence-electron chi connectivity index (χ3n) is 2.95. The summed E-state index contributed by atoms with van der Waals surface area (Å²) in [5.74, 6) is -0.225. The largest absolute Gasteiger partial charge is 0.327 e. The predicted octanol–water partition coefficient (Wildman–Crippen LogP) is 2.62. The molecule has 5 heteroatoms. The van der Waals surface area contributed by atoms with Crippen LogP contribution in [0.25, 0.3) is 5.69 Å². The molecule has 0 saturated carbocycles. The maximum atomic E-state index is 12.2. The van der Waals surface area contributed by atoms with Gasteiger partial charge in [0.05, 0.1) is 0 Å². The SMILES string of the molecule is Cn1ccsc1=NC(=O)c1cccc(-n2cccc2)c1. The van der Waals surface area contributed by atoms with E-state index in [2.05, 4.69) is 4.99 Å². The molecule has 0 saturated heterocycles. The van der Waals surface area contributed by atoms with E-state index < -0.39 is 0 Å². The molecule has 0 unspecified atom stereocenters. The van der Waals surface area contributed by atoms with E-state index in [1.807, 2.05) is 70.5 Å². The Labute approximate surface area is 120 Å². The zero-order valence-corrected chi connectivity index (χ0v) is 11.7. The zero-order valence-electron chi connectivity index (χ0n) is 10.9. The maximum absolute atomic E-state index is 12.2. The molecule has 0 fully saturated rings. The van der Waals surface area contributed by atoms with Gasteiger partial charge in [0.2, 0.25) is 0 Å². The molecule has 0 spiro atoms. The highest BCUT2D eigenvalue weighted by Gasteiger charge is 2.06. The number of carbonyl (C=O) groups is 1. The number of hydrogen-bond acceptors (Lipinski definition) is 2. The van der Waals surface area contributed by atoms with Crippen LogP contribution in [0.3, 0.4) is 0 Å². The first-order valence-corrected chi connectivity index (χ1v) is 7.04. The Kier molecular flexibility index (Phi) is 3.35. The van der Waals surface area contributed by atoms with Crippen LogP contribution < -0.4 is 4.80 Å². The van der Waals surface area contributed by atoms with Gasteiger partial charge in [-0.15, -0.1) is 11.3 Å². The number of amides is 1. The van der Waals surface area contributed by atoms with E-state index in [4.69, 9.17) is 0 Å². The highest BCUT2D eigenvalue weighted by molar-refractivity contribution is 7.07. The predicted molar refractivity (Wildman–Crippen MR) is 79.0 cm³/mol. The van der Waals surface area contributed by atoms with E-state index in [1.54, 1.807) is 6.07 Å². The third kappa shape index (κ3) is 2.48. The third-order valence-corrected chi connectivity index (χ3v) is 3.80. The lowest BCUT2D eigenvalue weighted by Crippen LogP contribution is -2.12. The van der Waals surface area contributed by atoms with Gasteiger partial charge in [-0.25, -0.2) is 0 Å². The number of thiazole rings is 1. The smallest absolute Gasteiger partial charge is 0.279 e. The topological polar surface area (TPSA) is 39.3 Å². The van der Waals surface area contributed by atoms with E-state index in [0.29, 0.717) is 10.4 Å². The van der Waals surface area contributed by atoms with Crippen molar-refractivity contribution in [2.45, 2.75) is 0 Å². The molecule has 0 N–H and O–H groups in total. The van der Waals surface area contributed by atoms with Gasteiger partial charge in [-0.3, -0.25) is 4.79 Å². The van der Waals surface area contributed by atoms with Crippen LogP contribution in [0.5, 0.6) is 0 Å². The summed E-state index contributed by atoms with van der Waals surface area (Å²) < 4.78 is 3.79. The Morgan fingerprint density at radius 1 is 1.15 bits per heavy atom. The minimum atomic E-state index is -0.225. The summed E-state index contributed by atoms with van der Waals surface area (Å²) in [5.41, 5.74) is 1.54. The van der Waals surface area contributed by atoms with Crippen molar-refractivity contribution in [3.05, 3.63) is 70.7 Å². The first-order valence-electron chi connectivity index (χ1n) is 6.16. The van der Waals surface area contributed by atoms with Gasteiger partial charge < -0.3 is 9.13 Å². The number of benzene rings is 1. The van der Waals surface area contributed by atoms with E-state index >= 15 is 0 Å². The van der Waals surface area contributed by atoms with Crippen molar-refractivity contribution in [1.82, 2.24) is 9.13 Å². The Bertz CT molecular complexity index is 796. The number of hydrogen-bond donors (Lipinski definition) is 0. The molecule has 0 radical (unpaired) electrons. The molecule has 2 aromatic heterocycles. The second kappa shape index (κ2) is 5.30. The second-order valence-electron chi connectivity index (χ2n) is 4.35. The minimum absolute atomic E-state index is 0.225. The average Bonchev–Trinajstić information content (AvgIpc) is 3.12. The fourth-order valence-electron chi connectivity index (χ4n) is 1.89. The van der Waals surface area contributed by atoms with Crippen LogP contribution >= 0.6 is 11.3 Å². The number of aromatic nitrogens is 2. The fraction of sp³-hybridized carbons (Fsp3) is 0.0667. The summed E-state index contributed by atoms with van der Waals surface area (Å²) in [4.78, 5) is 17.0. The van der Waals surface area contributed by atoms with Crippen LogP contribution in [0.2, 0.25) is 0 Å². The molecular weight excluding hydrogens is 270 g/mol. The Morgan fingerprint density at radius 2 is 1.95 bits per heavy atom. The number of carbonyl (C=O) groups excluding carboxylic acids is 1. The Morgan fingerprint density at radius 3 is 2.65 bits per heavy atom. The molecule has 4 nitrogen and oxygen atoms in total. The maximum Gasteiger partial charge on any atom is 0.279 e. The molecule has 3 rings (SSSR count). The van der Waals surface area contributed by atoms with Crippen molar-refractivity contribution < 1.29 is 4.79 Å². The van der Waals surface area contributed by atoms with Gasteiger partial charge in [-0.05, 0) is 30.3 Å². The molecule has 2 heterocycles. The summed E-state index contributed by atoms with van der Waals surface area (Å²) in [6.07, 6.45) is 5.77. The highest BCUT2D eigenvalue weighted by atomic mass is 32.1. The first kappa shape index (κ1) is 12.6. The number of aryl methyl sites for hydroxylation is 1. The minimum Gasteiger partial charge on any atom is -0.327 e. The van der Waals surface area contributed by atoms with Crippen LogP contribution in [0.4, 0.5) is 0 Å². The molecule has 0 atom stereocenters. The van der Waals surface area contributed by atoms with Gasteiger partial charge in [0, 0.05) is 42.3 Å². The van der Waals surface area contributed by atoms with Crippen LogP contribution in [0, 0.1) is 0 Å². The molecule has 0 aliphatic carbocycles. The van der Waals surface area contributed by atoms with Gasteiger partial charge in [0.25, 0.3) is 5.91 Å². The van der Waals surface area contributed by atoms with E-state index in [1.165, 1.54) is 11.3 Å². The second-order valence-corrected chi connectivity index (χ2v) is 5.23. The van der Waals surface area contributed by atoms with Gasteiger partial charge in [0.15, 0.2) is 4.80 Å². The highest BCUT2D eigenvalue weighted by Crippen LogP contribution is 2.11. The summed E-state index contributed by atoms with van der Waals surface area (Å²) >= 11 is 1.44. The molecule has 1 amide bonds. The molecular formula is C15H13N3OS. The molecule has 0 aliphatic rings. The summed E-state index contributed by atoms with van der Waals surface area (Å²) in [6, 6.07) is 11.4. The molecule has 0 bridgehead atoms. The molecule has 20 heavy (non-hydrogen) atoms. The zero-order chi connectivity index (χ0) is 13.9. The standard InChI is InChI=1S/C15H13N3OS/c1-17-9-10-20-15(17)16-14(19)12-5-4-6-13(11-12)18-7-2-3-8-18/h2-11H,1H3. The van der Waals surface area contributed by atoms with Crippen LogP contribution in [0.15, 0.2) is 65.4 Å². The van der Waals surface area contributed by atoms with Crippen LogP contribution in [-0.2, 0) is 7.05 Å². The molecule has 1 aromatic carbocycles. The average molecular weight is 283 g/mol. The van der Waals surface area contributed by atoms with Gasteiger partial charge in [-0.2, -0.15) is 4.99 Å². The molecule has 0 aliphatic heterocycles.